The summed E-state index contributed by atoms with van der Waals surface area (Å²) in [6, 6.07) is 12.0. The molecule has 1 aliphatic carbocycles. The van der Waals surface area contributed by atoms with Gasteiger partial charge in [0.1, 0.15) is 5.56 Å². The molecule has 1 aliphatic rings. The maximum absolute atomic E-state index is 13.4. The molecule has 1 N–H and O–H groups in total. The predicted molar refractivity (Wildman–Crippen MR) is 143 cm³/mol. The molecule has 2 aromatic carbocycles. The van der Waals surface area contributed by atoms with E-state index in [4.69, 9.17) is 11.6 Å². The Labute approximate surface area is 217 Å². The minimum absolute atomic E-state index is 0.00404. The first kappa shape index (κ1) is 26.4. The molecule has 3 aromatic rings. The Hall–Kier alpha value is -2.68. The number of fused-ring (bicyclic) bond motifs is 1. The first-order valence-electron chi connectivity index (χ1n) is 12.4. The summed E-state index contributed by atoms with van der Waals surface area (Å²) < 4.78 is 30.0. The van der Waals surface area contributed by atoms with Crippen molar-refractivity contribution in [1.82, 2.24) is 14.2 Å². The molecule has 0 saturated heterocycles. The monoisotopic (exact) mass is 529 g/mol. The Bertz CT molecular complexity index is 1410. The number of pyridine rings is 1. The van der Waals surface area contributed by atoms with Gasteiger partial charge in [-0.1, -0.05) is 43.0 Å². The fourth-order valence-corrected chi connectivity index (χ4v) is 6.40. The molecule has 1 heterocycles. The van der Waals surface area contributed by atoms with Gasteiger partial charge in [-0.05, 0) is 62.1 Å². The molecule has 1 saturated carbocycles. The molecule has 4 rings (SSSR count). The van der Waals surface area contributed by atoms with Crippen molar-refractivity contribution in [3.8, 4) is 0 Å². The van der Waals surface area contributed by atoms with Crippen LogP contribution in [0.2, 0.25) is 5.02 Å². The Morgan fingerprint density at radius 3 is 2.47 bits per heavy atom. The van der Waals surface area contributed by atoms with E-state index < -0.39 is 21.4 Å². The number of nitrogens with one attached hydrogen (secondary N) is 1. The quantitative estimate of drug-likeness (QED) is 0.462. The summed E-state index contributed by atoms with van der Waals surface area (Å²) in [5.74, 6) is -0.481. The maximum atomic E-state index is 13.4. The van der Waals surface area contributed by atoms with E-state index in [1.165, 1.54) is 10.4 Å². The fourth-order valence-electron chi connectivity index (χ4n) is 4.83. The highest BCUT2D eigenvalue weighted by atomic mass is 35.5. The van der Waals surface area contributed by atoms with E-state index >= 15 is 0 Å². The van der Waals surface area contributed by atoms with Crippen LogP contribution in [-0.4, -0.2) is 42.8 Å². The molecule has 1 aromatic heterocycles. The average molecular weight is 530 g/mol. The van der Waals surface area contributed by atoms with Gasteiger partial charge in [-0.25, -0.2) is 8.42 Å². The van der Waals surface area contributed by atoms with Crippen LogP contribution in [0.25, 0.3) is 10.9 Å². The molecule has 1 amide bonds. The van der Waals surface area contributed by atoms with E-state index in [0.717, 1.165) is 37.7 Å². The number of carbonyl (C=O) groups is 1. The molecule has 9 heteroatoms. The first-order valence-corrected chi connectivity index (χ1v) is 14.2. The molecule has 1 fully saturated rings. The van der Waals surface area contributed by atoms with E-state index in [9.17, 15) is 18.0 Å². The molecule has 0 unspecified atom stereocenters. The topological polar surface area (TPSA) is 88.5 Å². The number of hydrogen-bond donors (Lipinski definition) is 1. The van der Waals surface area contributed by atoms with Crippen LogP contribution in [0.15, 0.2) is 58.4 Å². The molecule has 7 nitrogen and oxygen atoms in total. The van der Waals surface area contributed by atoms with Crippen molar-refractivity contribution in [1.29, 1.82) is 0 Å². The number of rotatable bonds is 8. The lowest BCUT2D eigenvalue weighted by Crippen LogP contribution is -2.38. The summed E-state index contributed by atoms with van der Waals surface area (Å²) in [5, 5.41) is 3.68. The zero-order chi connectivity index (χ0) is 25.9. The SMILES string of the molecule is CCn1cc(C(=O)NCCc2ccc(Cl)cc2)c(=O)c2cc(S(=O)(=O)N(C)C3CCCCC3)ccc21. The van der Waals surface area contributed by atoms with Crippen LogP contribution in [0.5, 0.6) is 0 Å². The lowest BCUT2D eigenvalue weighted by molar-refractivity contribution is 0.0952. The Balaban J connectivity index is 1.62. The van der Waals surface area contributed by atoms with Crippen molar-refractivity contribution >= 4 is 38.4 Å². The number of benzene rings is 2. The number of aromatic nitrogens is 1. The molecular formula is C27H32ClN3O4S. The second kappa shape index (κ2) is 11.2. The largest absolute Gasteiger partial charge is 0.352 e. The highest BCUT2D eigenvalue weighted by molar-refractivity contribution is 7.89. The summed E-state index contributed by atoms with van der Waals surface area (Å²) in [6.45, 7) is 2.79. The van der Waals surface area contributed by atoms with Gasteiger partial charge in [-0.3, -0.25) is 9.59 Å². The maximum Gasteiger partial charge on any atom is 0.256 e. The normalized spacial score (nSPS) is 14.9. The van der Waals surface area contributed by atoms with E-state index in [-0.39, 0.29) is 21.9 Å². The van der Waals surface area contributed by atoms with Gasteiger partial charge in [0.2, 0.25) is 15.5 Å². The van der Waals surface area contributed by atoms with Crippen molar-refractivity contribution in [2.75, 3.05) is 13.6 Å². The van der Waals surface area contributed by atoms with Gasteiger partial charge in [-0.2, -0.15) is 4.31 Å². The van der Waals surface area contributed by atoms with Gasteiger partial charge in [0.15, 0.2) is 0 Å². The smallest absolute Gasteiger partial charge is 0.256 e. The van der Waals surface area contributed by atoms with E-state index in [0.29, 0.717) is 30.0 Å². The van der Waals surface area contributed by atoms with E-state index in [1.807, 2.05) is 19.1 Å². The van der Waals surface area contributed by atoms with Crippen LogP contribution in [0.3, 0.4) is 0 Å². The van der Waals surface area contributed by atoms with Gasteiger partial charge in [-0.15, -0.1) is 0 Å². The number of amides is 1. The molecule has 192 valence electrons. The fraction of sp³-hybridized carbons (Fsp3) is 0.407. The zero-order valence-corrected chi connectivity index (χ0v) is 22.2. The molecular weight excluding hydrogens is 498 g/mol. The van der Waals surface area contributed by atoms with Crippen molar-refractivity contribution < 1.29 is 13.2 Å². The van der Waals surface area contributed by atoms with Crippen molar-refractivity contribution in [3.05, 3.63) is 75.0 Å². The zero-order valence-electron chi connectivity index (χ0n) is 20.7. The van der Waals surface area contributed by atoms with Crippen molar-refractivity contribution in [2.24, 2.45) is 0 Å². The number of carbonyl (C=O) groups excluding carboxylic acids is 1. The number of nitrogens with zero attached hydrogens (tertiary/aromatic N) is 2. The van der Waals surface area contributed by atoms with Gasteiger partial charge in [0.05, 0.1) is 10.4 Å². The number of sulfonamides is 1. The molecule has 0 atom stereocenters. The summed E-state index contributed by atoms with van der Waals surface area (Å²) in [7, 11) is -2.16. The van der Waals surface area contributed by atoms with E-state index in [2.05, 4.69) is 5.32 Å². The first-order chi connectivity index (χ1) is 17.2. The Morgan fingerprint density at radius 2 is 1.81 bits per heavy atom. The third-order valence-electron chi connectivity index (χ3n) is 7.02. The third kappa shape index (κ3) is 5.51. The van der Waals surface area contributed by atoms with Crippen LogP contribution in [-0.2, 0) is 23.0 Å². The van der Waals surface area contributed by atoms with Crippen LogP contribution in [0.1, 0.15) is 54.9 Å². The van der Waals surface area contributed by atoms with Crippen molar-refractivity contribution in [2.45, 2.75) is 62.9 Å². The van der Waals surface area contributed by atoms with Gasteiger partial charge >= 0.3 is 0 Å². The number of aryl methyl sites for hydroxylation is 1. The predicted octanol–water partition coefficient (Wildman–Crippen LogP) is 4.60. The summed E-state index contributed by atoms with van der Waals surface area (Å²) in [4.78, 5) is 26.4. The lowest BCUT2D eigenvalue weighted by atomic mass is 9.96. The Morgan fingerprint density at radius 1 is 1.11 bits per heavy atom. The van der Waals surface area contributed by atoms with Crippen LogP contribution >= 0.6 is 11.6 Å². The van der Waals surface area contributed by atoms with Gasteiger partial charge in [0, 0.05) is 42.8 Å². The second-order valence-corrected chi connectivity index (χ2v) is 11.7. The number of halogens is 1. The van der Waals surface area contributed by atoms with Crippen LogP contribution < -0.4 is 10.7 Å². The van der Waals surface area contributed by atoms with Gasteiger partial charge < -0.3 is 9.88 Å². The molecule has 0 aliphatic heterocycles. The lowest BCUT2D eigenvalue weighted by Gasteiger charge is -2.30. The molecule has 36 heavy (non-hydrogen) atoms. The summed E-state index contributed by atoms with van der Waals surface area (Å²) in [6.07, 6.45) is 6.97. The minimum atomic E-state index is -3.77. The van der Waals surface area contributed by atoms with Gasteiger partial charge in [0.25, 0.3) is 5.91 Å². The highest BCUT2D eigenvalue weighted by Gasteiger charge is 2.29. The molecule has 0 bridgehead atoms. The van der Waals surface area contributed by atoms with Crippen molar-refractivity contribution in [3.63, 3.8) is 0 Å². The molecule has 0 radical (unpaired) electrons. The van der Waals surface area contributed by atoms with Crippen LogP contribution in [0.4, 0.5) is 0 Å². The molecule has 0 spiro atoms. The highest BCUT2D eigenvalue weighted by Crippen LogP contribution is 2.27. The third-order valence-corrected chi connectivity index (χ3v) is 9.17. The number of hydrogen-bond acceptors (Lipinski definition) is 4. The average Bonchev–Trinajstić information content (AvgIpc) is 2.90. The van der Waals surface area contributed by atoms with E-state index in [1.54, 1.807) is 42.1 Å². The second-order valence-electron chi connectivity index (χ2n) is 9.28. The minimum Gasteiger partial charge on any atom is -0.352 e. The van der Waals surface area contributed by atoms with Crippen LogP contribution in [0, 0.1) is 0 Å². The standard InChI is InChI=1S/C27H32ClN3O4S/c1-3-31-18-24(27(33)29-16-15-19-9-11-20(28)12-10-19)26(32)23-17-22(13-14-25(23)31)36(34,35)30(2)21-7-5-4-6-8-21/h9-14,17-18,21H,3-8,15-16H2,1-2H3,(H,29,33). The Kier molecular flexibility index (Phi) is 8.17. The summed E-state index contributed by atoms with van der Waals surface area (Å²) >= 11 is 5.92. The summed E-state index contributed by atoms with van der Waals surface area (Å²) in [5.41, 5.74) is 1.13.